The molecule has 0 aromatic heterocycles. The van der Waals surface area contributed by atoms with E-state index in [4.69, 9.17) is 4.74 Å². The van der Waals surface area contributed by atoms with Gasteiger partial charge in [0.15, 0.2) is 0 Å². The lowest BCUT2D eigenvalue weighted by atomic mass is 9.78. The van der Waals surface area contributed by atoms with Crippen molar-refractivity contribution in [2.24, 2.45) is 5.41 Å². The molecule has 1 amide bonds. The molecule has 0 saturated carbocycles. The van der Waals surface area contributed by atoms with Crippen molar-refractivity contribution in [3.63, 3.8) is 0 Å². The zero-order valence-electron chi connectivity index (χ0n) is 12.0. The third-order valence-corrected chi connectivity index (χ3v) is 4.73. The highest BCUT2D eigenvalue weighted by Gasteiger charge is 2.40. The first-order chi connectivity index (χ1) is 9.72. The SMILES string of the molecule is COc1ccc(C(=O)N2CCC3(CCNCC3)C2)cc1. The molecule has 0 aliphatic carbocycles. The maximum absolute atomic E-state index is 12.5. The zero-order valence-corrected chi connectivity index (χ0v) is 12.0. The van der Waals surface area contributed by atoms with E-state index in [1.807, 2.05) is 29.2 Å². The molecule has 2 saturated heterocycles. The lowest BCUT2D eigenvalue weighted by molar-refractivity contribution is 0.0762. The van der Waals surface area contributed by atoms with Crippen molar-refractivity contribution >= 4 is 5.91 Å². The summed E-state index contributed by atoms with van der Waals surface area (Å²) in [5.74, 6) is 0.945. The third kappa shape index (κ3) is 2.52. The molecule has 0 atom stereocenters. The molecule has 1 aromatic carbocycles. The summed E-state index contributed by atoms with van der Waals surface area (Å²) in [6.07, 6.45) is 3.54. The van der Waals surface area contributed by atoms with Gasteiger partial charge in [0.2, 0.25) is 0 Å². The largest absolute Gasteiger partial charge is 0.497 e. The predicted molar refractivity (Wildman–Crippen MR) is 78.1 cm³/mol. The van der Waals surface area contributed by atoms with Crippen molar-refractivity contribution in [2.75, 3.05) is 33.3 Å². The van der Waals surface area contributed by atoms with Crippen LogP contribution in [0.5, 0.6) is 5.75 Å². The van der Waals surface area contributed by atoms with Crippen molar-refractivity contribution < 1.29 is 9.53 Å². The minimum absolute atomic E-state index is 0.156. The Bertz CT molecular complexity index is 478. The van der Waals surface area contributed by atoms with Crippen molar-refractivity contribution in [1.82, 2.24) is 10.2 Å². The van der Waals surface area contributed by atoms with Crippen molar-refractivity contribution in [3.05, 3.63) is 29.8 Å². The van der Waals surface area contributed by atoms with Crippen LogP contribution in [0.4, 0.5) is 0 Å². The van der Waals surface area contributed by atoms with Crippen LogP contribution < -0.4 is 10.1 Å². The van der Waals surface area contributed by atoms with Gasteiger partial charge in [-0.3, -0.25) is 4.79 Å². The Kier molecular flexibility index (Phi) is 3.66. The molecule has 2 aliphatic rings. The molecule has 0 radical (unpaired) electrons. The number of ether oxygens (including phenoxy) is 1. The van der Waals surface area contributed by atoms with E-state index in [-0.39, 0.29) is 5.91 Å². The van der Waals surface area contributed by atoms with Gasteiger partial charge >= 0.3 is 0 Å². The third-order valence-electron chi connectivity index (χ3n) is 4.73. The number of methoxy groups -OCH3 is 1. The topological polar surface area (TPSA) is 41.6 Å². The Hall–Kier alpha value is -1.55. The quantitative estimate of drug-likeness (QED) is 0.895. The standard InChI is InChI=1S/C16H22N2O2/c1-20-14-4-2-13(3-5-14)15(19)18-11-8-16(12-18)6-9-17-10-7-16/h2-5,17H,6-12H2,1H3. The molecule has 4 heteroatoms. The highest BCUT2D eigenvalue weighted by atomic mass is 16.5. The van der Waals surface area contributed by atoms with E-state index in [0.717, 1.165) is 43.9 Å². The summed E-state index contributed by atoms with van der Waals surface area (Å²) >= 11 is 0. The molecule has 0 unspecified atom stereocenters. The van der Waals surface area contributed by atoms with Crippen LogP contribution in [0.15, 0.2) is 24.3 Å². The van der Waals surface area contributed by atoms with E-state index in [9.17, 15) is 4.79 Å². The van der Waals surface area contributed by atoms with Gasteiger partial charge in [0.1, 0.15) is 5.75 Å². The fraction of sp³-hybridized carbons (Fsp3) is 0.562. The number of nitrogens with one attached hydrogen (secondary N) is 1. The van der Waals surface area contributed by atoms with E-state index in [0.29, 0.717) is 5.41 Å². The molecule has 1 spiro atoms. The lowest BCUT2D eigenvalue weighted by Gasteiger charge is -2.33. The molecular formula is C16H22N2O2. The summed E-state index contributed by atoms with van der Waals surface area (Å²) in [6, 6.07) is 7.41. The van der Waals surface area contributed by atoms with Crippen LogP contribution in [-0.4, -0.2) is 44.1 Å². The number of carbonyl (C=O) groups is 1. The number of benzene rings is 1. The fourth-order valence-corrected chi connectivity index (χ4v) is 3.39. The smallest absolute Gasteiger partial charge is 0.253 e. The molecule has 108 valence electrons. The molecule has 3 rings (SSSR count). The molecule has 2 fully saturated rings. The summed E-state index contributed by atoms with van der Waals surface area (Å²) in [4.78, 5) is 14.6. The number of hydrogen-bond acceptors (Lipinski definition) is 3. The van der Waals surface area contributed by atoms with Gasteiger partial charge < -0.3 is 15.0 Å². The average Bonchev–Trinajstić information content (AvgIpc) is 2.91. The zero-order chi connectivity index (χ0) is 14.0. The Morgan fingerprint density at radius 3 is 2.55 bits per heavy atom. The van der Waals surface area contributed by atoms with Crippen molar-refractivity contribution in [3.8, 4) is 5.75 Å². The number of likely N-dealkylation sites (tertiary alicyclic amines) is 1. The Labute approximate surface area is 120 Å². The number of hydrogen-bond donors (Lipinski definition) is 1. The van der Waals surface area contributed by atoms with Crippen molar-refractivity contribution in [2.45, 2.75) is 19.3 Å². The first-order valence-electron chi connectivity index (χ1n) is 7.37. The lowest BCUT2D eigenvalue weighted by Crippen LogP contribution is -2.39. The number of nitrogens with zero attached hydrogens (tertiary/aromatic N) is 1. The molecule has 4 nitrogen and oxygen atoms in total. The second-order valence-corrected chi connectivity index (χ2v) is 5.96. The number of carbonyl (C=O) groups excluding carboxylic acids is 1. The Morgan fingerprint density at radius 2 is 1.90 bits per heavy atom. The Morgan fingerprint density at radius 1 is 1.20 bits per heavy atom. The van der Waals surface area contributed by atoms with Crippen LogP contribution in [0, 0.1) is 5.41 Å². The van der Waals surface area contributed by atoms with E-state index in [1.54, 1.807) is 7.11 Å². The first-order valence-corrected chi connectivity index (χ1v) is 7.37. The van der Waals surface area contributed by atoms with Crippen molar-refractivity contribution in [1.29, 1.82) is 0 Å². The van der Waals surface area contributed by atoms with E-state index < -0.39 is 0 Å². The highest BCUT2D eigenvalue weighted by Crippen LogP contribution is 2.39. The van der Waals surface area contributed by atoms with Crippen LogP contribution in [-0.2, 0) is 0 Å². The second kappa shape index (κ2) is 5.44. The normalized spacial score (nSPS) is 21.1. The summed E-state index contributed by atoms with van der Waals surface area (Å²) < 4.78 is 5.13. The minimum atomic E-state index is 0.156. The summed E-state index contributed by atoms with van der Waals surface area (Å²) in [5.41, 5.74) is 1.13. The van der Waals surface area contributed by atoms with Gasteiger partial charge in [0, 0.05) is 18.7 Å². The summed E-state index contributed by atoms with van der Waals surface area (Å²) in [7, 11) is 1.64. The van der Waals surface area contributed by atoms with Gasteiger partial charge in [-0.05, 0) is 62.0 Å². The molecule has 1 aromatic rings. The number of rotatable bonds is 2. The molecule has 2 aliphatic heterocycles. The minimum Gasteiger partial charge on any atom is -0.497 e. The second-order valence-electron chi connectivity index (χ2n) is 5.96. The maximum Gasteiger partial charge on any atom is 0.253 e. The highest BCUT2D eigenvalue weighted by molar-refractivity contribution is 5.94. The molecule has 20 heavy (non-hydrogen) atoms. The number of piperidine rings is 1. The fourth-order valence-electron chi connectivity index (χ4n) is 3.39. The predicted octanol–water partition coefficient (Wildman–Crippen LogP) is 1.91. The summed E-state index contributed by atoms with van der Waals surface area (Å²) in [6.45, 7) is 3.99. The Balaban J connectivity index is 1.68. The van der Waals surface area contributed by atoms with Gasteiger partial charge in [0.05, 0.1) is 7.11 Å². The van der Waals surface area contributed by atoms with Gasteiger partial charge in [-0.2, -0.15) is 0 Å². The first kappa shape index (κ1) is 13.4. The molecule has 1 N–H and O–H groups in total. The molecule has 2 heterocycles. The number of amides is 1. The van der Waals surface area contributed by atoms with E-state index >= 15 is 0 Å². The molecule has 0 bridgehead atoms. The van der Waals surface area contributed by atoms with Gasteiger partial charge in [-0.1, -0.05) is 0 Å². The average molecular weight is 274 g/mol. The van der Waals surface area contributed by atoms with E-state index in [1.165, 1.54) is 12.8 Å². The summed E-state index contributed by atoms with van der Waals surface area (Å²) in [5, 5.41) is 3.41. The van der Waals surface area contributed by atoms with Crippen LogP contribution in [0.1, 0.15) is 29.6 Å². The van der Waals surface area contributed by atoms with Gasteiger partial charge in [0.25, 0.3) is 5.91 Å². The monoisotopic (exact) mass is 274 g/mol. The maximum atomic E-state index is 12.5. The van der Waals surface area contributed by atoms with Gasteiger partial charge in [-0.15, -0.1) is 0 Å². The van der Waals surface area contributed by atoms with Gasteiger partial charge in [-0.25, -0.2) is 0 Å². The van der Waals surface area contributed by atoms with Crippen LogP contribution in [0.25, 0.3) is 0 Å². The molecular weight excluding hydrogens is 252 g/mol. The van der Waals surface area contributed by atoms with Crippen LogP contribution >= 0.6 is 0 Å². The van der Waals surface area contributed by atoms with Crippen LogP contribution in [0.2, 0.25) is 0 Å². The van der Waals surface area contributed by atoms with E-state index in [2.05, 4.69) is 5.32 Å². The van der Waals surface area contributed by atoms with Crippen LogP contribution in [0.3, 0.4) is 0 Å².